The summed E-state index contributed by atoms with van der Waals surface area (Å²) in [7, 11) is 0. The minimum atomic E-state index is -0.898. The van der Waals surface area contributed by atoms with Crippen molar-refractivity contribution in [2.75, 3.05) is 18.0 Å². The fourth-order valence-corrected chi connectivity index (χ4v) is 2.34. The molecule has 1 aromatic rings. The molecule has 0 aliphatic rings. The highest BCUT2D eigenvalue weighted by Crippen LogP contribution is 2.20. The zero-order valence-corrected chi connectivity index (χ0v) is 13.4. The van der Waals surface area contributed by atoms with Crippen molar-refractivity contribution in [3.8, 4) is 0 Å². The molecule has 0 spiro atoms. The number of hydrogen-bond acceptors (Lipinski definition) is 4. The standard InChI is InChI=1S/C17H23NO5/c1-3-13(16(20)21)9-18(10-14(4-2)17(22)23)15-7-5-12(11-19)6-8-15/h5-8,11,13-14H,3-4,9-10H2,1-2H3,(H,20,21)(H,22,23). The quantitative estimate of drug-likeness (QED) is 0.643. The average Bonchev–Trinajstić information content (AvgIpc) is 2.54. The SMILES string of the molecule is CCC(CN(CC(CC)C(=O)O)c1ccc(C=O)cc1)C(=O)O. The molecule has 0 fully saturated rings. The van der Waals surface area contributed by atoms with E-state index in [1.807, 2.05) is 0 Å². The molecule has 6 heteroatoms. The van der Waals surface area contributed by atoms with Gasteiger partial charge in [-0.1, -0.05) is 13.8 Å². The van der Waals surface area contributed by atoms with E-state index in [9.17, 15) is 24.6 Å². The predicted octanol–water partition coefficient (Wildman–Crippen LogP) is 2.53. The summed E-state index contributed by atoms with van der Waals surface area (Å²) in [4.78, 5) is 35.1. The van der Waals surface area contributed by atoms with Crippen LogP contribution in [0.3, 0.4) is 0 Å². The van der Waals surface area contributed by atoms with E-state index in [0.29, 0.717) is 18.4 Å². The Morgan fingerprint density at radius 2 is 1.43 bits per heavy atom. The highest BCUT2D eigenvalue weighted by molar-refractivity contribution is 5.76. The number of anilines is 1. The Morgan fingerprint density at radius 3 is 1.74 bits per heavy atom. The zero-order valence-electron chi connectivity index (χ0n) is 13.4. The van der Waals surface area contributed by atoms with Crippen molar-refractivity contribution in [1.29, 1.82) is 0 Å². The van der Waals surface area contributed by atoms with Crippen molar-refractivity contribution >= 4 is 23.9 Å². The predicted molar refractivity (Wildman–Crippen MR) is 86.9 cm³/mol. The lowest BCUT2D eigenvalue weighted by Gasteiger charge is -2.30. The number of hydrogen-bond donors (Lipinski definition) is 2. The minimum Gasteiger partial charge on any atom is -0.481 e. The van der Waals surface area contributed by atoms with E-state index < -0.39 is 23.8 Å². The summed E-state index contributed by atoms with van der Waals surface area (Å²) in [5.41, 5.74) is 1.24. The molecule has 2 atom stereocenters. The van der Waals surface area contributed by atoms with Crippen molar-refractivity contribution in [2.45, 2.75) is 26.7 Å². The fourth-order valence-electron chi connectivity index (χ4n) is 2.34. The number of carboxylic acids is 2. The van der Waals surface area contributed by atoms with Gasteiger partial charge in [0.25, 0.3) is 0 Å². The molecule has 0 bridgehead atoms. The topological polar surface area (TPSA) is 94.9 Å². The zero-order chi connectivity index (χ0) is 17.4. The van der Waals surface area contributed by atoms with Gasteiger partial charge in [-0.15, -0.1) is 0 Å². The van der Waals surface area contributed by atoms with Gasteiger partial charge in [0.1, 0.15) is 6.29 Å². The highest BCUT2D eigenvalue weighted by atomic mass is 16.4. The molecule has 126 valence electrons. The molecule has 1 aromatic carbocycles. The first-order valence-electron chi connectivity index (χ1n) is 7.68. The van der Waals surface area contributed by atoms with Crippen LogP contribution in [0.5, 0.6) is 0 Å². The second kappa shape index (κ2) is 8.92. The number of carboxylic acid groups (broad SMARTS) is 2. The van der Waals surface area contributed by atoms with Crippen LogP contribution in [0.1, 0.15) is 37.0 Å². The average molecular weight is 321 g/mol. The first kappa shape index (κ1) is 18.7. The maximum atomic E-state index is 11.3. The van der Waals surface area contributed by atoms with Crippen molar-refractivity contribution in [2.24, 2.45) is 11.8 Å². The molecule has 2 unspecified atom stereocenters. The Hall–Kier alpha value is -2.37. The summed E-state index contributed by atoms with van der Waals surface area (Å²) in [6.45, 7) is 4.05. The summed E-state index contributed by atoms with van der Waals surface area (Å²) in [6.07, 6.45) is 1.65. The Bertz CT molecular complexity index is 516. The number of nitrogens with zero attached hydrogens (tertiary/aromatic N) is 1. The fraction of sp³-hybridized carbons (Fsp3) is 0.471. The normalized spacial score (nSPS) is 13.1. The van der Waals surface area contributed by atoms with Crippen LogP contribution >= 0.6 is 0 Å². The molecule has 1 rings (SSSR count). The number of benzene rings is 1. The monoisotopic (exact) mass is 321 g/mol. The van der Waals surface area contributed by atoms with E-state index >= 15 is 0 Å². The second-order valence-corrected chi connectivity index (χ2v) is 5.50. The van der Waals surface area contributed by atoms with Gasteiger partial charge in [0.2, 0.25) is 0 Å². The van der Waals surface area contributed by atoms with Crippen LogP contribution in [-0.4, -0.2) is 41.5 Å². The summed E-state index contributed by atoms with van der Waals surface area (Å²) in [5.74, 6) is -2.95. The van der Waals surface area contributed by atoms with Gasteiger partial charge in [0.05, 0.1) is 11.8 Å². The molecular formula is C17H23NO5. The summed E-state index contributed by atoms with van der Waals surface area (Å²) >= 11 is 0. The van der Waals surface area contributed by atoms with Gasteiger partial charge >= 0.3 is 11.9 Å². The number of carbonyl (C=O) groups excluding carboxylic acids is 1. The molecule has 0 aliphatic carbocycles. The largest absolute Gasteiger partial charge is 0.481 e. The lowest BCUT2D eigenvalue weighted by Crippen LogP contribution is -2.38. The molecule has 0 amide bonds. The number of aldehydes is 1. The van der Waals surface area contributed by atoms with Crippen LogP contribution in [0.4, 0.5) is 5.69 Å². The lowest BCUT2D eigenvalue weighted by atomic mass is 10.0. The molecule has 0 aliphatic heterocycles. The van der Waals surface area contributed by atoms with Crippen molar-refractivity contribution in [3.05, 3.63) is 29.8 Å². The Kier molecular flexibility index (Phi) is 7.25. The van der Waals surface area contributed by atoms with Crippen LogP contribution in [0.2, 0.25) is 0 Å². The van der Waals surface area contributed by atoms with Crippen LogP contribution in [0.25, 0.3) is 0 Å². The van der Waals surface area contributed by atoms with Gasteiger partial charge in [-0.2, -0.15) is 0 Å². The van der Waals surface area contributed by atoms with E-state index in [-0.39, 0.29) is 13.1 Å². The Labute approximate surface area is 135 Å². The maximum absolute atomic E-state index is 11.3. The molecule has 0 aromatic heterocycles. The van der Waals surface area contributed by atoms with Gasteiger partial charge in [0.15, 0.2) is 0 Å². The molecular weight excluding hydrogens is 298 g/mol. The third-order valence-electron chi connectivity index (χ3n) is 3.96. The maximum Gasteiger partial charge on any atom is 0.308 e. The van der Waals surface area contributed by atoms with Gasteiger partial charge in [-0.05, 0) is 37.1 Å². The lowest BCUT2D eigenvalue weighted by molar-refractivity contribution is -0.141. The first-order valence-corrected chi connectivity index (χ1v) is 7.68. The van der Waals surface area contributed by atoms with E-state index in [2.05, 4.69) is 0 Å². The third-order valence-corrected chi connectivity index (χ3v) is 3.96. The third kappa shape index (κ3) is 5.39. The molecule has 0 heterocycles. The number of rotatable bonds is 10. The van der Waals surface area contributed by atoms with Crippen LogP contribution in [0.15, 0.2) is 24.3 Å². The highest BCUT2D eigenvalue weighted by Gasteiger charge is 2.24. The Balaban J connectivity index is 3.05. The molecule has 0 radical (unpaired) electrons. The summed E-state index contributed by atoms with van der Waals surface area (Å²) in [6, 6.07) is 6.71. The molecule has 0 saturated carbocycles. The van der Waals surface area contributed by atoms with Gasteiger partial charge in [-0.3, -0.25) is 14.4 Å². The molecule has 2 N–H and O–H groups in total. The van der Waals surface area contributed by atoms with Crippen LogP contribution in [-0.2, 0) is 9.59 Å². The second-order valence-electron chi connectivity index (χ2n) is 5.50. The van der Waals surface area contributed by atoms with Gasteiger partial charge in [0, 0.05) is 24.3 Å². The van der Waals surface area contributed by atoms with Gasteiger partial charge in [-0.25, -0.2) is 0 Å². The van der Waals surface area contributed by atoms with Crippen LogP contribution in [0, 0.1) is 11.8 Å². The van der Waals surface area contributed by atoms with E-state index in [0.717, 1.165) is 12.0 Å². The summed E-state index contributed by atoms with van der Waals surface area (Å²) < 4.78 is 0. The summed E-state index contributed by atoms with van der Waals surface area (Å²) in [5, 5.41) is 18.5. The van der Waals surface area contributed by atoms with Crippen molar-refractivity contribution < 1.29 is 24.6 Å². The Morgan fingerprint density at radius 1 is 1.00 bits per heavy atom. The molecule has 0 saturated heterocycles. The van der Waals surface area contributed by atoms with Gasteiger partial charge < -0.3 is 15.1 Å². The first-order chi connectivity index (χ1) is 10.9. The minimum absolute atomic E-state index is 0.232. The van der Waals surface area contributed by atoms with E-state index in [4.69, 9.17) is 0 Å². The van der Waals surface area contributed by atoms with E-state index in [1.54, 1.807) is 43.0 Å². The smallest absolute Gasteiger partial charge is 0.308 e. The van der Waals surface area contributed by atoms with Crippen molar-refractivity contribution in [3.63, 3.8) is 0 Å². The molecule has 23 heavy (non-hydrogen) atoms. The number of aliphatic carboxylic acids is 2. The molecule has 6 nitrogen and oxygen atoms in total. The van der Waals surface area contributed by atoms with Crippen LogP contribution < -0.4 is 4.90 Å². The van der Waals surface area contributed by atoms with Crippen molar-refractivity contribution in [1.82, 2.24) is 0 Å². The van der Waals surface area contributed by atoms with E-state index in [1.165, 1.54) is 0 Å². The number of carbonyl (C=O) groups is 3.